The number of nitrogens with one attached hydrogen (secondary N) is 1. The van der Waals surface area contributed by atoms with E-state index < -0.39 is 23.2 Å². The van der Waals surface area contributed by atoms with Crippen LogP contribution in [-0.4, -0.2) is 21.6 Å². The summed E-state index contributed by atoms with van der Waals surface area (Å²) >= 11 is 6.01. The van der Waals surface area contributed by atoms with Crippen LogP contribution in [0.15, 0.2) is 83.9 Å². The molecule has 0 atom stereocenters. The van der Waals surface area contributed by atoms with Crippen molar-refractivity contribution in [2.24, 2.45) is 0 Å². The van der Waals surface area contributed by atoms with Crippen molar-refractivity contribution in [3.63, 3.8) is 0 Å². The molecule has 3 heterocycles. The fourth-order valence-electron chi connectivity index (χ4n) is 4.27. The predicted molar refractivity (Wildman–Crippen MR) is 134 cm³/mol. The SMILES string of the molecule is CC(C)c1[nH]n(-c2ccc(Cl)cc2)c(=O)c1C1=C([n+]2ccccc2)C(=O)N(c2ccccc2F)C1=O. The molecule has 180 valence electrons. The molecule has 0 radical (unpaired) electrons. The van der Waals surface area contributed by atoms with E-state index in [-0.39, 0.29) is 28.4 Å². The fraction of sp³-hybridized carbons (Fsp3) is 0.111. The fourth-order valence-corrected chi connectivity index (χ4v) is 4.39. The van der Waals surface area contributed by atoms with E-state index in [2.05, 4.69) is 5.10 Å². The van der Waals surface area contributed by atoms with Gasteiger partial charge in [-0.1, -0.05) is 43.6 Å². The van der Waals surface area contributed by atoms with Gasteiger partial charge in [0, 0.05) is 22.8 Å². The Bertz CT molecular complexity index is 1590. The average Bonchev–Trinajstić information content (AvgIpc) is 3.33. The van der Waals surface area contributed by atoms with Gasteiger partial charge in [-0.05, 0) is 42.3 Å². The minimum atomic E-state index is -0.780. The molecule has 0 aliphatic carbocycles. The van der Waals surface area contributed by atoms with Gasteiger partial charge in [-0.2, -0.15) is 4.57 Å². The van der Waals surface area contributed by atoms with Gasteiger partial charge in [-0.15, -0.1) is 0 Å². The number of pyridine rings is 1. The molecule has 9 heteroatoms. The highest BCUT2D eigenvalue weighted by Crippen LogP contribution is 2.35. The van der Waals surface area contributed by atoms with Crippen LogP contribution in [0.2, 0.25) is 5.02 Å². The molecular formula is C27H21ClFN4O3+. The van der Waals surface area contributed by atoms with Crippen LogP contribution in [-0.2, 0) is 9.59 Å². The zero-order chi connectivity index (χ0) is 25.6. The monoisotopic (exact) mass is 503 g/mol. The third kappa shape index (κ3) is 3.76. The summed E-state index contributed by atoms with van der Waals surface area (Å²) in [6.07, 6.45) is 3.20. The van der Waals surface area contributed by atoms with Crippen molar-refractivity contribution in [1.82, 2.24) is 9.78 Å². The predicted octanol–water partition coefficient (Wildman–Crippen LogP) is 4.31. The average molecular weight is 504 g/mol. The van der Waals surface area contributed by atoms with Crippen molar-refractivity contribution in [3.05, 3.63) is 112 Å². The number of H-pyrrole nitrogens is 1. The number of aromatic amines is 1. The van der Waals surface area contributed by atoms with Crippen LogP contribution in [0.5, 0.6) is 0 Å². The number of hydrogen-bond donors (Lipinski definition) is 1. The van der Waals surface area contributed by atoms with E-state index in [0.717, 1.165) is 4.90 Å². The molecule has 0 bridgehead atoms. The third-order valence-corrected chi connectivity index (χ3v) is 6.21. The number of carbonyl (C=O) groups is 2. The summed E-state index contributed by atoms with van der Waals surface area (Å²) in [4.78, 5) is 42.1. The number of halogens is 2. The van der Waals surface area contributed by atoms with Gasteiger partial charge in [0.25, 0.3) is 17.2 Å². The number of rotatable bonds is 5. The first-order valence-corrected chi connectivity index (χ1v) is 11.6. The Morgan fingerprint density at radius 1 is 0.889 bits per heavy atom. The van der Waals surface area contributed by atoms with Crippen LogP contribution in [0, 0.1) is 5.82 Å². The Balaban J connectivity index is 1.80. The van der Waals surface area contributed by atoms with Crippen LogP contribution in [0.4, 0.5) is 10.1 Å². The van der Waals surface area contributed by atoms with Crippen LogP contribution < -0.4 is 15.0 Å². The molecule has 1 aliphatic heterocycles. The molecule has 1 aliphatic rings. The van der Waals surface area contributed by atoms with Gasteiger partial charge in [0.2, 0.25) is 0 Å². The summed E-state index contributed by atoms with van der Waals surface area (Å²) in [6.45, 7) is 3.74. The first-order valence-electron chi connectivity index (χ1n) is 11.2. The zero-order valence-electron chi connectivity index (χ0n) is 19.4. The van der Waals surface area contributed by atoms with Crippen molar-refractivity contribution in [2.75, 3.05) is 4.90 Å². The number of imide groups is 1. The molecule has 2 amide bonds. The molecule has 36 heavy (non-hydrogen) atoms. The maximum atomic E-state index is 14.7. The number of nitrogens with zero attached hydrogens (tertiary/aromatic N) is 3. The van der Waals surface area contributed by atoms with E-state index in [4.69, 9.17) is 11.6 Å². The zero-order valence-corrected chi connectivity index (χ0v) is 20.2. The quantitative estimate of drug-likeness (QED) is 0.325. The van der Waals surface area contributed by atoms with Crippen molar-refractivity contribution in [3.8, 4) is 5.69 Å². The van der Waals surface area contributed by atoms with Crippen molar-refractivity contribution in [2.45, 2.75) is 19.8 Å². The van der Waals surface area contributed by atoms with E-state index in [9.17, 15) is 18.8 Å². The largest absolute Gasteiger partial charge is 0.331 e. The van der Waals surface area contributed by atoms with Crippen LogP contribution in [0.3, 0.4) is 0 Å². The lowest BCUT2D eigenvalue weighted by atomic mass is 9.98. The maximum Gasteiger partial charge on any atom is 0.331 e. The number of anilines is 1. The Labute approximate surface area is 210 Å². The van der Waals surface area contributed by atoms with Crippen molar-refractivity contribution < 1.29 is 18.5 Å². The van der Waals surface area contributed by atoms with Gasteiger partial charge >= 0.3 is 5.91 Å². The molecule has 0 saturated carbocycles. The summed E-state index contributed by atoms with van der Waals surface area (Å²) in [5, 5.41) is 3.60. The Morgan fingerprint density at radius 2 is 1.56 bits per heavy atom. The summed E-state index contributed by atoms with van der Waals surface area (Å²) in [5.74, 6) is -2.45. The highest BCUT2D eigenvalue weighted by Gasteiger charge is 2.49. The molecule has 0 saturated heterocycles. The lowest BCUT2D eigenvalue weighted by Gasteiger charge is -2.14. The number of carbonyl (C=O) groups excluding carboxylic acids is 2. The third-order valence-electron chi connectivity index (χ3n) is 5.96. The second kappa shape index (κ2) is 9.05. The number of hydrogen-bond acceptors (Lipinski definition) is 3. The molecule has 0 fully saturated rings. The van der Waals surface area contributed by atoms with E-state index in [1.165, 1.54) is 33.5 Å². The van der Waals surface area contributed by atoms with Gasteiger partial charge in [0.15, 0.2) is 12.4 Å². The molecule has 5 rings (SSSR count). The van der Waals surface area contributed by atoms with E-state index in [1.54, 1.807) is 54.9 Å². The van der Waals surface area contributed by atoms with Gasteiger partial charge in [0.05, 0.1) is 16.9 Å². The van der Waals surface area contributed by atoms with E-state index in [0.29, 0.717) is 16.4 Å². The highest BCUT2D eigenvalue weighted by atomic mass is 35.5. The van der Waals surface area contributed by atoms with Gasteiger partial charge in [-0.25, -0.2) is 14.0 Å². The van der Waals surface area contributed by atoms with Crippen molar-refractivity contribution in [1.29, 1.82) is 0 Å². The standard InChI is InChI=1S/C27H20ClFN4O3/c1-16(2)23-21(26(35)33(30-23)18-12-10-17(28)11-13-18)22-24(31-14-6-3-7-15-31)27(36)32(25(22)34)20-9-5-4-8-19(20)29/h3-16H,1-2H3/p+1. The molecule has 1 N–H and O–H groups in total. The molecule has 0 unspecified atom stereocenters. The highest BCUT2D eigenvalue weighted by molar-refractivity contribution is 6.53. The normalized spacial score (nSPS) is 13.9. The first-order chi connectivity index (χ1) is 17.3. The van der Waals surface area contributed by atoms with E-state index >= 15 is 0 Å². The van der Waals surface area contributed by atoms with Gasteiger partial charge in [0.1, 0.15) is 11.4 Å². The van der Waals surface area contributed by atoms with Crippen LogP contribution in [0.25, 0.3) is 17.0 Å². The molecule has 7 nitrogen and oxygen atoms in total. The smallest absolute Gasteiger partial charge is 0.294 e. The van der Waals surface area contributed by atoms with Crippen LogP contribution in [0.1, 0.15) is 31.0 Å². The number of amides is 2. The maximum absolute atomic E-state index is 14.7. The van der Waals surface area contributed by atoms with Crippen LogP contribution >= 0.6 is 11.6 Å². The lowest BCUT2D eigenvalue weighted by Crippen LogP contribution is -2.39. The minimum absolute atomic E-state index is 0.0369. The first kappa shape index (κ1) is 23.4. The summed E-state index contributed by atoms with van der Waals surface area (Å²) in [5.41, 5.74) is 0.203. The summed E-state index contributed by atoms with van der Waals surface area (Å²) < 4.78 is 17.5. The Hall–Kier alpha value is -4.30. The molecule has 4 aromatic rings. The Kier molecular flexibility index (Phi) is 5.89. The number of aromatic nitrogens is 3. The molecule has 2 aromatic carbocycles. The number of benzene rings is 2. The second-order valence-electron chi connectivity index (χ2n) is 8.58. The Morgan fingerprint density at radius 3 is 2.19 bits per heavy atom. The minimum Gasteiger partial charge on any atom is -0.294 e. The van der Waals surface area contributed by atoms with Crippen molar-refractivity contribution >= 4 is 40.4 Å². The molecule has 0 spiro atoms. The van der Waals surface area contributed by atoms with Gasteiger partial charge < -0.3 is 0 Å². The van der Waals surface area contributed by atoms with Gasteiger partial charge in [-0.3, -0.25) is 19.5 Å². The summed E-state index contributed by atoms with van der Waals surface area (Å²) in [6, 6.07) is 17.3. The molecule has 2 aromatic heterocycles. The number of para-hydroxylation sites is 1. The second-order valence-corrected chi connectivity index (χ2v) is 9.01. The molecular weight excluding hydrogens is 483 g/mol. The van der Waals surface area contributed by atoms with E-state index in [1.807, 2.05) is 13.8 Å². The lowest BCUT2D eigenvalue weighted by molar-refractivity contribution is -0.576. The topological polar surface area (TPSA) is 79.1 Å². The summed E-state index contributed by atoms with van der Waals surface area (Å²) in [7, 11) is 0.